The Morgan fingerprint density at radius 1 is 1.10 bits per heavy atom. The highest BCUT2D eigenvalue weighted by Gasteiger charge is 2.36. The predicted octanol–water partition coefficient (Wildman–Crippen LogP) is 5.06. The Kier molecular flexibility index (Phi) is 8.58. The molecule has 1 unspecified atom stereocenters. The number of benzene rings is 1. The van der Waals surface area contributed by atoms with Crippen LogP contribution in [0.3, 0.4) is 0 Å². The first-order chi connectivity index (χ1) is 19.8. The molecule has 224 valence electrons. The maximum atomic E-state index is 14.0. The summed E-state index contributed by atoms with van der Waals surface area (Å²) >= 11 is 12.4. The molecule has 0 radical (unpaired) electrons. The molecule has 13 heteroatoms. The van der Waals surface area contributed by atoms with E-state index in [2.05, 4.69) is 15.1 Å². The van der Waals surface area contributed by atoms with Crippen LogP contribution < -0.4 is 9.21 Å². The molecule has 0 N–H and O–H groups in total. The average Bonchev–Trinajstić information content (AvgIpc) is 3.36. The Bertz CT molecular complexity index is 1660. The largest absolute Gasteiger partial charge is 0.459 e. The second-order valence-electron chi connectivity index (χ2n) is 11.2. The van der Waals surface area contributed by atoms with Crippen molar-refractivity contribution in [2.45, 2.75) is 45.0 Å². The Morgan fingerprint density at radius 2 is 1.79 bits per heavy atom. The Hall–Kier alpha value is -3.12. The molecule has 3 heterocycles. The predicted molar refractivity (Wildman–Crippen MR) is 165 cm³/mol. The molecule has 1 aliphatic heterocycles. The van der Waals surface area contributed by atoms with Gasteiger partial charge in [-0.2, -0.15) is 0 Å². The number of halogens is 2. The molecule has 2 aliphatic rings. The minimum absolute atomic E-state index is 0.0434. The fourth-order valence-electron chi connectivity index (χ4n) is 5.07. The second-order valence-corrected chi connectivity index (χ2v) is 14.2. The summed E-state index contributed by atoms with van der Waals surface area (Å²) in [7, 11) is -4.14. The summed E-state index contributed by atoms with van der Waals surface area (Å²) in [5.74, 6) is 0.730. The van der Waals surface area contributed by atoms with Crippen LogP contribution >= 0.6 is 23.2 Å². The number of nitrogens with zero attached hydrogens (tertiary/aromatic N) is 5. The number of esters is 1. The zero-order valence-corrected chi connectivity index (χ0v) is 26.2. The number of aromatic nitrogens is 3. The van der Waals surface area contributed by atoms with E-state index < -0.39 is 33.4 Å². The Labute approximate surface area is 255 Å². The highest BCUT2D eigenvalue weighted by atomic mass is 35.5. The van der Waals surface area contributed by atoms with E-state index in [4.69, 9.17) is 32.7 Å². The van der Waals surface area contributed by atoms with Crippen LogP contribution in [0.25, 0.3) is 16.7 Å². The molecule has 1 atom stereocenters. The fraction of sp³-hybridized carbons (Fsp3) is 0.414. The molecular weight excluding hydrogens is 601 g/mol. The van der Waals surface area contributed by atoms with Gasteiger partial charge in [-0.25, -0.2) is 8.42 Å². The van der Waals surface area contributed by atoms with Crippen molar-refractivity contribution in [3.8, 4) is 5.82 Å². The van der Waals surface area contributed by atoms with Crippen LogP contribution in [0.2, 0.25) is 0 Å². The Balaban J connectivity index is 1.52. The molecule has 0 bridgehead atoms. The second kappa shape index (κ2) is 11.9. The molecule has 3 aromatic rings. The number of carbonyl (C=O) groups excluding carboxylic acids is 1. The number of anilines is 2. The number of allylic oxidation sites excluding steroid dienone is 3. The number of morpholine rings is 1. The first-order valence-corrected chi connectivity index (χ1v) is 15.8. The van der Waals surface area contributed by atoms with Gasteiger partial charge in [0.2, 0.25) is 10.0 Å². The van der Waals surface area contributed by atoms with Crippen molar-refractivity contribution in [1.29, 1.82) is 0 Å². The summed E-state index contributed by atoms with van der Waals surface area (Å²) in [6.45, 7) is 9.33. The van der Waals surface area contributed by atoms with Crippen molar-refractivity contribution in [2.24, 2.45) is 0 Å². The number of carbonyl (C=O) groups is 1. The lowest BCUT2D eigenvalue weighted by atomic mass is 10.1. The zero-order chi connectivity index (χ0) is 30.2. The first-order valence-electron chi connectivity index (χ1n) is 13.6. The van der Waals surface area contributed by atoms with E-state index in [1.165, 1.54) is 12.2 Å². The SMILES string of the molecule is Cc1c(N(CC(=O)OC(C)(C)C)S(=O)(=O)C2C=C(Cl)C=C(Cl)C2)ccc2c1ccn2-c1ccc(N2CCOCC2)nn1. The molecule has 0 amide bonds. The van der Waals surface area contributed by atoms with Gasteiger partial charge in [0.15, 0.2) is 11.6 Å². The van der Waals surface area contributed by atoms with Crippen LogP contribution in [0.4, 0.5) is 11.5 Å². The minimum Gasteiger partial charge on any atom is -0.459 e. The molecule has 2 aromatic heterocycles. The van der Waals surface area contributed by atoms with Crippen LogP contribution in [0.15, 0.2) is 58.7 Å². The van der Waals surface area contributed by atoms with Crippen LogP contribution in [0.1, 0.15) is 32.8 Å². The smallest absolute Gasteiger partial charge is 0.327 e. The van der Waals surface area contributed by atoms with E-state index in [0.29, 0.717) is 35.3 Å². The zero-order valence-electron chi connectivity index (χ0n) is 23.9. The quantitative estimate of drug-likeness (QED) is 0.332. The number of fused-ring (bicyclic) bond motifs is 1. The molecule has 1 saturated heterocycles. The average molecular weight is 635 g/mol. The van der Waals surface area contributed by atoms with Crippen molar-refractivity contribution >= 4 is 61.6 Å². The Morgan fingerprint density at radius 3 is 2.43 bits per heavy atom. The van der Waals surface area contributed by atoms with E-state index in [1.54, 1.807) is 26.8 Å². The number of rotatable bonds is 7. The van der Waals surface area contributed by atoms with E-state index in [-0.39, 0.29) is 11.5 Å². The molecule has 1 aromatic carbocycles. The molecular formula is C29H33Cl2N5O5S. The van der Waals surface area contributed by atoms with Crippen molar-refractivity contribution < 1.29 is 22.7 Å². The van der Waals surface area contributed by atoms with Crippen molar-refractivity contribution in [3.63, 3.8) is 0 Å². The molecule has 0 saturated carbocycles. The fourth-order valence-corrected chi connectivity index (χ4v) is 7.66. The van der Waals surface area contributed by atoms with Gasteiger partial charge in [0.1, 0.15) is 17.4 Å². The lowest BCUT2D eigenvalue weighted by molar-refractivity contribution is -0.152. The van der Waals surface area contributed by atoms with Crippen LogP contribution in [0.5, 0.6) is 0 Å². The van der Waals surface area contributed by atoms with Crippen molar-refractivity contribution in [1.82, 2.24) is 14.8 Å². The lowest BCUT2D eigenvalue weighted by Crippen LogP contribution is -2.43. The van der Waals surface area contributed by atoms with E-state index in [0.717, 1.165) is 34.1 Å². The van der Waals surface area contributed by atoms with E-state index >= 15 is 0 Å². The monoisotopic (exact) mass is 633 g/mol. The highest BCUT2D eigenvalue weighted by molar-refractivity contribution is 7.93. The van der Waals surface area contributed by atoms with Gasteiger partial charge in [-0.1, -0.05) is 23.2 Å². The summed E-state index contributed by atoms with van der Waals surface area (Å²) in [5, 5.41) is 9.16. The molecule has 1 aliphatic carbocycles. The van der Waals surface area contributed by atoms with Gasteiger partial charge in [-0.05, 0) is 75.7 Å². The molecule has 5 rings (SSSR count). The van der Waals surface area contributed by atoms with Gasteiger partial charge in [-0.3, -0.25) is 13.7 Å². The molecule has 1 fully saturated rings. The van der Waals surface area contributed by atoms with Gasteiger partial charge in [-0.15, -0.1) is 10.2 Å². The maximum absolute atomic E-state index is 14.0. The summed E-state index contributed by atoms with van der Waals surface area (Å²) < 4.78 is 42.0. The van der Waals surface area contributed by atoms with Gasteiger partial charge in [0, 0.05) is 41.2 Å². The van der Waals surface area contributed by atoms with Gasteiger partial charge < -0.3 is 14.4 Å². The summed E-state index contributed by atoms with van der Waals surface area (Å²) in [5.41, 5.74) is 1.05. The standard InChI is InChI=1S/C29H33Cl2N5O5S/c1-19-23-9-10-35(27-8-7-26(32-33-27)34-11-13-40-14-12-34)25(23)6-5-24(19)36(18-28(37)41-29(2,3)4)42(38,39)22-16-20(30)15-21(31)17-22/h5-10,15-16,22H,11-14,17-18H2,1-4H3. The van der Waals surface area contributed by atoms with Gasteiger partial charge in [0.25, 0.3) is 0 Å². The number of ether oxygens (including phenoxy) is 2. The first kappa shape index (κ1) is 30.3. The summed E-state index contributed by atoms with van der Waals surface area (Å²) in [4.78, 5) is 15.1. The molecule has 42 heavy (non-hydrogen) atoms. The third-order valence-corrected chi connectivity index (χ3v) is 9.52. The summed E-state index contributed by atoms with van der Waals surface area (Å²) in [6.07, 6.45) is 4.86. The van der Waals surface area contributed by atoms with Crippen molar-refractivity contribution in [3.05, 3.63) is 64.3 Å². The van der Waals surface area contributed by atoms with Crippen LogP contribution in [-0.4, -0.2) is 72.9 Å². The highest BCUT2D eigenvalue weighted by Crippen LogP contribution is 2.35. The lowest BCUT2D eigenvalue weighted by Gasteiger charge is -2.31. The van der Waals surface area contributed by atoms with Crippen LogP contribution in [-0.2, 0) is 24.3 Å². The molecule has 0 spiro atoms. The van der Waals surface area contributed by atoms with Gasteiger partial charge >= 0.3 is 5.97 Å². The normalized spacial score (nSPS) is 18.0. The number of aryl methyl sites for hydroxylation is 1. The number of hydrogen-bond donors (Lipinski definition) is 0. The van der Waals surface area contributed by atoms with Gasteiger partial charge in [0.05, 0.1) is 24.4 Å². The van der Waals surface area contributed by atoms with Crippen molar-refractivity contribution in [2.75, 3.05) is 42.1 Å². The maximum Gasteiger partial charge on any atom is 0.327 e. The molecule has 10 nitrogen and oxygen atoms in total. The van der Waals surface area contributed by atoms with E-state index in [1.807, 2.05) is 42.0 Å². The van der Waals surface area contributed by atoms with E-state index in [9.17, 15) is 13.2 Å². The third kappa shape index (κ3) is 6.44. The minimum atomic E-state index is -4.14. The topological polar surface area (TPSA) is 107 Å². The third-order valence-electron chi connectivity index (χ3n) is 7.02. The summed E-state index contributed by atoms with van der Waals surface area (Å²) in [6, 6.07) is 9.22. The van der Waals surface area contributed by atoms with Crippen LogP contribution in [0, 0.1) is 6.92 Å². The number of hydrogen-bond acceptors (Lipinski definition) is 8. The number of sulfonamides is 1.